The molecule has 0 aliphatic heterocycles. The molecule has 0 unspecified atom stereocenters. The largest absolute Gasteiger partial charge is 0.397 e. The Bertz CT molecular complexity index is 784. The van der Waals surface area contributed by atoms with Crippen LogP contribution in [0.25, 0.3) is 10.9 Å². The molecule has 20 heavy (non-hydrogen) atoms. The number of rotatable bonds is 2. The highest BCUT2D eigenvalue weighted by Gasteiger charge is 2.05. The number of aryl methyl sites for hydroxylation is 1. The van der Waals surface area contributed by atoms with Crippen LogP contribution in [0.3, 0.4) is 0 Å². The molecule has 0 aliphatic rings. The maximum Gasteiger partial charge on any atom is 0.128 e. The van der Waals surface area contributed by atoms with Gasteiger partial charge in [-0.05, 0) is 36.8 Å². The minimum Gasteiger partial charge on any atom is -0.397 e. The summed E-state index contributed by atoms with van der Waals surface area (Å²) < 4.78 is 13.6. The molecule has 3 aromatic rings. The monoisotopic (exact) mass is 267 g/mol. The molecular weight excluding hydrogens is 253 g/mol. The van der Waals surface area contributed by atoms with Gasteiger partial charge in [0.2, 0.25) is 0 Å². The Labute approximate surface area is 116 Å². The molecule has 3 nitrogen and oxygen atoms in total. The first-order valence-corrected chi connectivity index (χ1v) is 6.31. The second kappa shape index (κ2) is 4.81. The number of pyridine rings is 1. The van der Waals surface area contributed by atoms with Gasteiger partial charge in [0.15, 0.2) is 0 Å². The average Bonchev–Trinajstić information content (AvgIpc) is 2.44. The minimum atomic E-state index is -0.229. The molecule has 2 aromatic carbocycles. The summed E-state index contributed by atoms with van der Waals surface area (Å²) in [6.07, 6.45) is 1.69. The van der Waals surface area contributed by atoms with E-state index in [0.29, 0.717) is 16.9 Å². The number of hydrogen-bond donors (Lipinski definition) is 2. The third kappa shape index (κ3) is 2.16. The first-order valence-electron chi connectivity index (χ1n) is 6.31. The molecule has 3 rings (SSSR count). The lowest BCUT2D eigenvalue weighted by Crippen LogP contribution is -1.96. The van der Waals surface area contributed by atoms with Crippen LogP contribution < -0.4 is 11.1 Å². The molecule has 0 atom stereocenters. The molecule has 4 heteroatoms. The molecule has 0 saturated carbocycles. The number of nitrogens with zero attached hydrogens (tertiary/aromatic N) is 1. The molecule has 0 fully saturated rings. The van der Waals surface area contributed by atoms with Crippen LogP contribution in [-0.4, -0.2) is 4.98 Å². The lowest BCUT2D eigenvalue weighted by molar-refractivity contribution is 0.619. The number of nitrogens with two attached hydrogens (primary N) is 1. The van der Waals surface area contributed by atoms with Crippen LogP contribution in [0, 0.1) is 12.7 Å². The van der Waals surface area contributed by atoms with Gasteiger partial charge in [-0.1, -0.05) is 18.2 Å². The van der Waals surface area contributed by atoms with Crippen molar-refractivity contribution in [3.05, 3.63) is 60.0 Å². The number of aromatic nitrogens is 1. The van der Waals surface area contributed by atoms with Gasteiger partial charge in [0.1, 0.15) is 5.82 Å². The van der Waals surface area contributed by atoms with Crippen molar-refractivity contribution in [1.82, 2.24) is 4.98 Å². The van der Waals surface area contributed by atoms with Gasteiger partial charge in [0, 0.05) is 23.0 Å². The normalized spacial score (nSPS) is 10.7. The van der Waals surface area contributed by atoms with E-state index in [-0.39, 0.29) is 5.82 Å². The molecule has 100 valence electrons. The Morgan fingerprint density at radius 3 is 2.80 bits per heavy atom. The van der Waals surface area contributed by atoms with Crippen molar-refractivity contribution in [3.63, 3.8) is 0 Å². The minimum absolute atomic E-state index is 0.229. The van der Waals surface area contributed by atoms with Crippen molar-refractivity contribution < 1.29 is 4.39 Å². The number of para-hydroxylation sites is 1. The third-order valence-corrected chi connectivity index (χ3v) is 3.25. The standard InChI is InChI=1S/C16H14FN3/c1-10-5-6-11(9-13(10)17)20-15-7-8-19-16-12(15)3-2-4-14(16)18/h2-9H,18H2,1H3,(H,19,20). The van der Waals surface area contributed by atoms with E-state index in [1.807, 2.05) is 30.3 Å². The molecule has 0 radical (unpaired) electrons. The quantitative estimate of drug-likeness (QED) is 0.690. The number of fused-ring (bicyclic) bond motifs is 1. The van der Waals surface area contributed by atoms with Crippen molar-refractivity contribution >= 4 is 28.0 Å². The predicted octanol–water partition coefficient (Wildman–Crippen LogP) is 4.01. The van der Waals surface area contributed by atoms with Gasteiger partial charge in [0.25, 0.3) is 0 Å². The highest BCUT2D eigenvalue weighted by Crippen LogP contribution is 2.28. The van der Waals surface area contributed by atoms with Crippen LogP contribution in [0.1, 0.15) is 5.56 Å². The van der Waals surface area contributed by atoms with Crippen LogP contribution in [0.2, 0.25) is 0 Å². The molecule has 0 spiro atoms. The van der Waals surface area contributed by atoms with E-state index >= 15 is 0 Å². The molecule has 0 saturated heterocycles. The van der Waals surface area contributed by atoms with Gasteiger partial charge in [-0.25, -0.2) is 4.39 Å². The Balaban J connectivity index is 2.06. The van der Waals surface area contributed by atoms with Crippen LogP contribution >= 0.6 is 0 Å². The van der Waals surface area contributed by atoms with Gasteiger partial charge in [-0.3, -0.25) is 4.98 Å². The molecule has 3 N–H and O–H groups in total. The number of anilines is 3. The third-order valence-electron chi connectivity index (χ3n) is 3.25. The summed E-state index contributed by atoms with van der Waals surface area (Å²) in [6, 6.07) is 12.5. The summed E-state index contributed by atoms with van der Waals surface area (Å²) in [5.41, 5.74) is 9.45. The second-order valence-electron chi connectivity index (χ2n) is 4.69. The summed E-state index contributed by atoms with van der Waals surface area (Å²) in [7, 11) is 0. The van der Waals surface area contributed by atoms with Gasteiger partial charge in [0.05, 0.1) is 11.2 Å². The Morgan fingerprint density at radius 2 is 2.00 bits per heavy atom. The fraction of sp³-hybridized carbons (Fsp3) is 0.0625. The number of halogens is 1. The zero-order chi connectivity index (χ0) is 14.1. The number of nitrogen functional groups attached to an aromatic ring is 1. The van der Waals surface area contributed by atoms with E-state index < -0.39 is 0 Å². The van der Waals surface area contributed by atoms with Crippen molar-refractivity contribution in [1.29, 1.82) is 0 Å². The maximum absolute atomic E-state index is 13.6. The van der Waals surface area contributed by atoms with Gasteiger partial charge >= 0.3 is 0 Å². The fourth-order valence-corrected chi connectivity index (χ4v) is 2.13. The SMILES string of the molecule is Cc1ccc(Nc2ccnc3c(N)cccc23)cc1F. The van der Waals surface area contributed by atoms with Crippen LogP contribution in [-0.2, 0) is 0 Å². The van der Waals surface area contributed by atoms with E-state index in [2.05, 4.69) is 10.3 Å². The van der Waals surface area contributed by atoms with E-state index in [1.54, 1.807) is 19.2 Å². The smallest absolute Gasteiger partial charge is 0.128 e. The maximum atomic E-state index is 13.6. The van der Waals surface area contributed by atoms with Crippen molar-refractivity contribution in [3.8, 4) is 0 Å². The zero-order valence-corrected chi connectivity index (χ0v) is 11.0. The van der Waals surface area contributed by atoms with Crippen molar-refractivity contribution in [2.45, 2.75) is 6.92 Å². The summed E-state index contributed by atoms with van der Waals surface area (Å²) in [6.45, 7) is 1.74. The highest BCUT2D eigenvalue weighted by atomic mass is 19.1. The molecule has 0 aliphatic carbocycles. The molecule has 0 bridgehead atoms. The molecule has 0 amide bonds. The lowest BCUT2D eigenvalue weighted by atomic mass is 10.1. The Morgan fingerprint density at radius 1 is 1.15 bits per heavy atom. The van der Waals surface area contributed by atoms with E-state index in [1.165, 1.54) is 6.07 Å². The van der Waals surface area contributed by atoms with Crippen LogP contribution in [0.5, 0.6) is 0 Å². The Hall–Kier alpha value is -2.62. The van der Waals surface area contributed by atoms with E-state index in [4.69, 9.17) is 5.73 Å². The highest BCUT2D eigenvalue weighted by molar-refractivity contribution is 5.98. The Kier molecular flexibility index (Phi) is 2.99. The summed E-state index contributed by atoms with van der Waals surface area (Å²) in [5, 5.41) is 4.12. The average molecular weight is 267 g/mol. The lowest BCUT2D eigenvalue weighted by Gasteiger charge is -2.11. The van der Waals surface area contributed by atoms with Gasteiger partial charge in [-0.2, -0.15) is 0 Å². The molecule has 1 aromatic heterocycles. The molecular formula is C16H14FN3. The summed E-state index contributed by atoms with van der Waals surface area (Å²) >= 11 is 0. The van der Waals surface area contributed by atoms with Gasteiger partial charge < -0.3 is 11.1 Å². The number of nitrogens with one attached hydrogen (secondary N) is 1. The predicted molar refractivity (Wildman–Crippen MR) is 80.6 cm³/mol. The van der Waals surface area contributed by atoms with E-state index in [0.717, 1.165) is 16.6 Å². The first kappa shape index (κ1) is 12.4. The second-order valence-corrected chi connectivity index (χ2v) is 4.69. The molecule has 1 heterocycles. The van der Waals surface area contributed by atoms with Crippen LogP contribution in [0.4, 0.5) is 21.5 Å². The van der Waals surface area contributed by atoms with E-state index in [9.17, 15) is 4.39 Å². The van der Waals surface area contributed by atoms with Crippen LogP contribution in [0.15, 0.2) is 48.7 Å². The fourth-order valence-electron chi connectivity index (χ4n) is 2.13. The first-order chi connectivity index (χ1) is 9.65. The number of benzene rings is 2. The summed E-state index contributed by atoms with van der Waals surface area (Å²) in [5.74, 6) is -0.229. The summed E-state index contributed by atoms with van der Waals surface area (Å²) in [4.78, 5) is 4.28. The topological polar surface area (TPSA) is 50.9 Å². The van der Waals surface area contributed by atoms with Crippen molar-refractivity contribution in [2.24, 2.45) is 0 Å². The number of hydrogen-bond acceptors (Lipinski definition) is 3. The van der Waals surface area contributed by atoms with Gasteiger partial charge in [-0.15, -0.1) is 0 Å². The zero-order valence-electron chi connectivity index (χ0n) is 11.0. The van der Waals surface area contributed by atoms with Crippen molar-refractivity contribution in [2.75, 3.05) is 11.1 Å².